The lowest BCUT2D eigenvalue weighted by Crippen LogP contribution is -2.80. The quantitative estimate of drug-likeness (QED) is 0.219. The number of nitrogens with one attached hydrogen (secondary N) is 1. The summed E-state index contributed by atoms with van der Waals surface area (Å²) in [6.45, 7) is -0.499. The van der Waals surface area contributed by atoms with E-state index in [1.807, 2.05) is 0 Å². The smallest absolute Gasteiger partial charge is 0.352 e. The van der Waals surface area contributed by atoms with Crippen molar-refractivity contribution in [3.63, 3.8) is 0 Å². The van der Waals surface area contributed by atoms with E-state index in [2.05, 4.69) is 5.32 Å². The molecule has 0 aromatic heterocycles. The second-order valence-corrected chi connectivity index (χ2v) is 7.15. The van der Waals surface area contributed by atoms with Crippen LogP contribution in [0.25, 0.3) is 0 Å². The highest BCUT2D eigenvalue weighted by Gasteiger charge is 2.66. The van der Waals surface area contributed by atoms with Crippen LogP contribution >= 0.6 is 11.8 Å². The Balaban J connectivity index is 2.08. The van der Waals surface area contributed by atoms with Gasteiger partial charge in [-0.3, -0.25) is 19.3 Å². The SMILES string of the molecule is CO[C@@]1(NC(=O)CCC[C@@H](N)C(=O)O)C(=O)N2C(C(=O)O)=C(CO)CSC21. The highest BCUT2D eigenvalue weighted by atomic mass is 32.2. The highest BCUT2D eigenvalue weighted by Crippen LogP contribution is 2.46. The van der Waals surface area contributed by atoms with Crippen LogP contribution < -0.4 is 11.1 Å². The van der Waals surface area contributed by atoms with Crippen molar-refractivity contribution in [2.75, 3.05) is 19.5 Å². The fraction of sp³-hybridized carbons (Fsp3) is 0.600. The summed E-state index contributed by atoms with van der Waals surface area (Å²) in [7, 11) is 1.22. The van der Waals surface area contributed by atoms with Gasteiger partial charge in [0.15, 0.2) is 0 Å². The molecule has 1 saturated heterocycles. The van der Waals surface area contributed by atoms with E-state index >= 15 is 0 Å². The van der Waals surface area contributed by atoms with Crippen LogP contribution in [0.5, 0.6) is 0 Å². The lowest BCUT2D eigenvalue weighted by molar-refractivity contribution is -0.192. The number of amides is 2. The lowest BCUT2D eigenvalue weighted by atomic mass is 9.97. The third kappa shape index (κ3) is 3.78. The lowest BCUT2D eigenvalue weighted by Gasteiger charge is -2.55. The van der Waals surface area contributed by atoms with Gasteiger partial charge in [0.1, 0.15) is 17.1 Å². The number of aliphatic carboxylic acids is 2. The average Bonchev–Trinajstić information content (AvgIpc) is 2.63. The molecular weight excluding hydrogens is 382 g/mol. The minimum atomic E-state index is -1.71. The van der Waals surface area contributed by atoms with Gasteiger partial charge in [0.05, 0.1) is 6.61 Å². The van der Waals surface area contributed by atoms with Crippen molar-refractivity contribution in [1.82, 2.24) is 10.2 Å². The number of ether oxygens (including phenoxy) is 1. The number of methoxy groups -OCH3 is 1. The number of carboxylic acids is 2. The number of nitrogens with two attached hydrogens (primary N) is 1. The fourth-order valence-corrected chi connectivity index (χ4v) is 4.37. The fourth-order valence-electron chi connectivity index (χ4n) is 2.94. The van der Waals surface area contributed by atoms with Crippen LogP contribution in [0.2, 0.25) is 0 Å². The number of rotatable bonds is 9. The maximum absolute atomic E-state index is 12.6. The molecule has 1 fully saturated rings. The number of hydrogen-bond donors (Lipinski definition) is 5. The van der Waals surface area contributed by atoms with Crippen molar-refractivity contribution in [1.29, 1.82) is 0 Å². The second kappa shape index (κ2) is 8.25. The van der Waals surface area contributed by atoms with Gasteiger partial charge in [0.25, 0.3) is 11.6 Å². The monoisotopic (exact) mass is 403 g/mol. The number of nitrogens with zero attached hydrogens (tertiary/aromatic N) is 1. The van der Waals surface area contributed by atoms with E-state index in [4.69, 9.17) is 15.6 Å². The molecule has 150 valence electrons. The largest absolute Gasteiger partial charge is 0.480 e. The van der Waals surface area contributed by atoms with Crippen LogP contribution in [0.3, 0.4) is 0 Å². The molecular formula is C15H21N3O8S. The summed E-state index contributed by atoms with van der Waals surface area (Å²) in [4.78, 5) is 48.0. The maximum atomic E-state index is 12.6. The normalized spacial score (nSPS) is 25.5. The summed E-state index contributed by atoms with van der Waals surface area (Å²) in [6.07, 6.45) is 0.219. The number of aliphatic hydroxyl groups excluding tert-OH is 1. The van der Waals surface area contributed by atoms with Crippen molar-refractivity contribution in [2.24, 2.45) is 5.73 Å². The van der Waals surface area contributed by atoms with E-state index in [0.717, 1.165) is 16.7 Å². The molecule has 2 heterocycles. The maximum Gasteiger partial charge on any atom is 0.352 e. The Bertz CT molecular complexity index is 697. The van der Waals surface area contributed by atoms with Crippen molar-refractivity contribution >= 4 is 35.5 Å². The summed E-state index contributed by atoms with van der Waals surface area (Å²) < 4.78 is 5.25. The van der Waals surface area contributed by atoms with Gasteiger partial charge in [-0.1, -0.05) is 0 Å². The molecule has 0 bridgehead atoms. The van der Waals surface area contributed by atoms with Gasteiger partial charge in [0, 0.05) is 19.3 Å². The molecule has 0 aliphatic carbocycles. The zero-order chi connectivity index (χ0) is 20.4. The minimum absolute atomic E-state index is 0.0692. The first-order chi connectivity index (χ1) is 12.7. The Morgan fingerprint density at radius 2 is 2.11 bits per heavy atom. The first kappa shape index (κ1) is 21.2. The van der Waals surface area contributed by atoms with Crippen molar-refractivity contribution in [3.05, 3.63) is 11.3 Å². The molecule has 0 aromatic carbocycles. The predicted molar refractivity (Wildman–Crippen MR) is 92.2 cm³/mol. The number of aliphatic hydroxyl groups is 1. The number of carbonyl (C=O) groups excluding carboxylic acids is 2. The first-order valence-electron chi connectivity index (χ1n) is 8.05. The number of β-lactam (4-membered cyclic amide) rings is 1. The standard InChI is InChI=1S/C15H21N3O8S/c1-26-15(17-9(20)4-2-3-8(16)11(21)22)13(25)18-10(12(23)24)7(5-19)6-27-14(15)18/h8,14,19H,2-6,16H2,1H3,(H,17,20)(H,21,22)(H,23,24)/t8-,14?,15+/m1/s1. The molecule has 0 radical (unpaired) electrons. The van der Waals surface area contributed by atoms with E-state index in [1.165, 1.54) is 7.11 Å². The molecule has 0 aromatic rings. The Labute approximate surface area is 158 Å². The summed E-state index contributed by atoms with van der Waals surface area (Å²) in [6, 6.07) is -1.08. The van der Waals surface area contributed by atoms with Crippen LogP contribution in [0.15, 0.2) is 11.3 Å². The summed E-state index contributed by atoms with van der Waals surface area (Å²) in [5.74, 6) is -3.64. The van der Waals surface area contributed by atoms with Crippen LogP contribution in [-0.4, -0.2) is 80.6 Å². The second-order valence-electron chi connectivity index (χ2n) is 6.08. The van der Waals surface area contributed by atoms with Crippen LogP contribution in [0.1, 0.15) is 19.3 Å². The van der Waals surface area contributed by atoms with Crippen LogP contribution in [0, 0.1) is 0 Å². The van der Waals surface area contributed by atoms with E-state index in [0.29, 0.717) is 0 Å². The van der Waals surface area contributed by atoms with Crippen LogP contribution in [0.4, 0.5) is 0 Å². The number of carboxylic acid groups (broad SMARTS) is 2. The molecule has 11 nitrogen and oxygen atoms in total. The molecule has 12 heteroatoms. The van der Waals surface area contributed by atoms with E-state index in [9.17, 15) is 29.4 Å². The zero-order valence-electron chi connectivity index (χ0n) is 14.5. The summed E-state index contributed by atoms with van der Waals surface area (Å²) >= 11 is 1.16. The Hall–Kier alpha value is -2.15. The van der Waals surface area contributed by atoms with Gasteiger partial charge in [-0.15, -0.1) is 11.8 Å². The highest BCUT2D eigenvalue weighted by molar-refractivity contribution is 8.00. The Morgan fingerprint density at radius 1 is 1.44 bits per heavy atom. The first-order valence-corrected chi connectivity index (χ1v) is 9.10. The van der Waals surface area contributed by atoms with Gasteiger partial charge in [-0.05, 0) is 18.4 Å². The number of thioether (sulfide) groups is 1. The van der Waals surface area contributed by atoms with Gasteiger partial charge in [-0.2, -0.15) is 0 Å². The molecule has 2 aliphatic heterocycles. The van der Waals surface area contributed by atoms with Crippen molar-refractivity contribution < 1.29 is 39.2 Å². The molecule has 2 amide bonds. The van der Waals surface area contributed by atoms with Crippen LogP contribution in [-0.2, 0) is 23.9 Å². The number of fused-ring (bicyclic) bond motifs is 1. The molecule has 27 heavy (non-hydrogen) atoms. The van der Waals surface area contributed by atoms with Gasteiger partial charge in [0.2, 0.25) is 5.91 Å². The summed E-state index contributed by atoms with van der Waals surface area (Å²) in [5, 5.41) is 29.1. The molecule has 2 rings (SSSR count). The molecule has 3 atom stereocenters. The average molecular weight is 403 g/mol. The third-order valence-corrected chi connectivity index (χ3v) is 5.76. The zero-order valence-corrected chi connectivity index (χ0v) is 15.3. The predicted octanol–water partition coefficient (Wildman–Crippen LogP) is -1.73. The van der Waals surface area contributed by atoms with Crippen molar-refractivity contribution in [2.45, 2.75) is 36.4 Å². The third-order valence-electron chi connectivity index (χ3n) is 4.39. The van der Waals surface area contributed by atoms with Gasteiger partial charge < -0.3 is 31.1 Å². The van der Waals surface area contributed by atoms with E-state index < -0.39 is 47.5 Å². The Morgan fingerprint density at radius 3 is 2.63 bits per heavy atom. The van der Waals surface area contributed by atoms with E-state index in [1.54, 1.807) is 0 Å². The Kier molecular flexibility index (Phi) is 6.46. The van der Waals surface area contributed by atoms with Gasteiger partial charge >= 0.3 is 11.9 Å². The molecule has 0 saturated carbocycles. The van der Waals surface area contributed by atoms with Gasteiger partial charge in [-0.25, -0.2) is 4.79 Å². The molecule has 2 aliphatic rings. The molecule has 1 unspecified atom stereocenters. The van der Waals surface area contributed by atoms with E-state index in [-0.39, 0.29) is 36.3 Å². The topological polar surface area (TPSA) is 179 Å². The molecule has 6 N–H and O–H groups in total. The molecule has 0 spiro atoms. The van der Waals surface area contributed by atoms with Crippen molar-refractivity contribution in [3.8, 4) is 0 Å². The minimum Gasteiger partial charge on any atom is -0.480 e. The summed E-state index contributed by atoms with van der Waals surface area (Å²) in [5.41, 5.74) is 3.56. The number of carbonyl (C=O) groups is 4. The number of hydrogen-bond acceptors (Lipinski definition) is 8.